The zero-order valence-corrected chi connectivity index (χ0v) is 13.3. The highest BCUT2D eigenvalue weighted by Gasteiger charge is 2.28. The summed E-state index contributed by atoms with van der Waals surface area (Å²) < 4.78 is 26.6. The first kappa shape index (κ1) is 16.7. The molecule has 0 spiro atoms. The SMILES string of the molecule is NCc1ccc(S(=O)(=O)N2CCN(CCO)CC2)cc1Cl. The summed E-state index contributed by atoms with van der Waals surface area (Å²) >= 11 is 6.04. The van der Waals surface area contributed by atoms with Crippen LogP contribution in [0.3, 0.4) is 0 Å². The van der Waals surface area contributed by atoms with Crippen molar-refractivity contribution in [1.29, 1.82) is 0 Å². The van der Waals surface area contributed by atoms with Gasteiger partial charge in [0.15, 0.2) is 0 Å². The number of hydrogen-bond donors (Lipinski definition) is 2. The largest absolute Gasteiger partial charge is 0.395 e. The molecule has 0 aliphatic carbocycles. The van der Waals surface area contributed by atoms with E-state index in [0.29, 0.717) is 37.7 Å². The van der Waals surface area contributed by atoms with Crippen molar-refractivity contribution in [3.8, 4) is 0 Å². The molecular weight excluding hydrogens is 314 g/mol. The monoisotopic (exact) mass is 333 g/mol. The number of benzene rings is 1. The summed E-state index contributed by atoms with van der Waals surface area (Å²) in [7, 11) is -3.53. The average Bonchev–Trinajstić information content (AvgIpc) is 2.48. The Morgan fingerprint density at radius 2 is 1.90 bits per heavy atom. The van der Waals surface area contributed by atoms with Crippen LogP contribution in [0.1, 0.15) is 5.56 Å². The van der Waals surface area contributed by atoms with E-state index in [1.54, 1.807) is 12.1 Å². The van der Waals surface area contributed by atoms with E-state index in [0.717, 1.165) is 5.56 Å². The summed E-state index contributed by atoms with van der Waals surface area (Å²) in [5.74, 6) is 0. The molecular formula is C13H20ClN3O3S. The highest BCUT2D eigenvalue weighted by molar-refractivity contribution is 7.89. The van der Waals surface area contributed by atoms with Crippen molar-refractivity contribution < 1.29 is 13.5 Å². The Hall–Kier alpha value is -0.700. The van der Waals surface area contributed by atoms with Crippen LogP contribution < -0.4 is 5.73 Å². The lowest BCUT2D eigenvalue weighted by atomic mass is 10.2. The summed E-state index contributed by atoms with van der Waals surface area (Å²) in [6, 6.07) is 4.65. The molecule has 1 fully saturated rings. The minimum Gasteiger partial charge on any atom is -0.395 e. The van der Waals surface area contributed by atoms with E-state index in [2.05, 4.69) is 0 Å². The maximum atomic E-state index is 12.6. The molecule has 1 aromatic carbocycles. The van der Waals surface area contributed by atoms with E-state index in [-0.39, 0.29) is 18.0 Å². The summed E-state index contributed by atoms with van der Waals surface area (Å²) in [5.41, 5.74) is 6.25. The third kappa shape index (κ3) is 3.74. The summed E-state index contributed by atoms with van der Waals surface area (Å²) in [4.78, 5) is 2.23. The fourth-order valence-corrected chi connectivity index (χ4v) is 4.11. The second kappa shape index (κ2) is 7.04. The number of halogens is 1. The van der Waals surface area contributed by atoms with Gasteiger partial charge in [0, 0.05) is 44.3 Å². The Bertz CT molecular complexity index is 586. The van der Waals surface area contributed by atoms with Crippen LogP contribution >= 0.6 is 11.6 Å². The second-order valence-electron chi connectivity index (χ2n) is 4.93. The van der Waals surface area contributed by atoms with E-state index in [4.69, 9.17) is 22.4 Å². The van der Waals surface area contributed by atoms with Gasteiger partial charge in [-0.1, -0.05) is 17.7 Å². The molecule has 6 nitrogen and oxygen atoms in total. The lowest BCUT2D eigenvalue weighted by Gasteiger charge is -2.33. The molecule has 0 amide bonds. The molecule has 1 aliphatic rings. The van der Waals surface area contributed by atoms with Crippen molar-refractivity contribution in [3.63, 3.8) is 0 Å². The molecule has 1 aromatic rings. The van der Waals surface area contributed by atoms with E-state index in [1.807, 2.05) is 4.90 Å². The van der Waals surface area contributed by atoms with Crippen LogP contribution in [0, 0.1) is 0 Å². The normalized spacial score (nSPS) is 18.0. The summed E-state index contributed by atoms with van der Waals surface area (Å²) in [6.07, 6.45) is 0. The highest BCUT2D eigenvalue weighted by Crippen LogP contribution is 2.23. The number of nitrogens with two attached hydrogens (primary N) is 1. The Morgan fingerprint density at radius 1 is 1.24 bits per heavy atom. The molecule has 0 unspecified atom stereocenters. The Morgan fingerprint density at radius 3 is 2.43 bits per heavy atom. The average molecular weight is 334 g/mol. The van der Waals surface area contributed by atoms with Crippen LogP contribution in [0.5, 0.6) is 0 Å². The number of aliphatic hydroxyl groups excluding tert-OH is 1. The molecule has 1 heterocycles. The molecule has 3 N–H and O–H groups in total. The van der Waals surface area contributed by atoms with Gasteiger partial charge in [0.2, 0.25) is 10.0 Å². The van der Waals surface area contributed by atoms with Gasteiger partial charge in [-0.2, -0.15) is 4.31 Å². The fraction of sp³-hybridized carbons (Fsp3) is 0.538. The van der Waals surface area contributed by atoms with E-state index in [9.17, 15) is 8.42 Å². The van der Waals surface area contributed by atoms with E-state index < -0.39 is 10.0 Å². The standard InChI is InChI=1S/C13H20ClN3O3S/c14-13-9-12(2-1-11(13)10-15)21(19,20)17-5-3-16(4-6-17)7-8-18/h1-2,9,18H,3-8,10,15H2. The smallest absolute Gasteiger partial charge is 0.243 e. The molecule has 0 bridgehead atoms. The molecule has 8 heteroatoms. The number of sulfonamides is 1. The maximum absolute atomic E-state index is 12.6. The van der Waals surface area contributed by atoms with Crippen molar-refractivity contribution >= 4 is 21.6 Å². The first-order valence-corrected chi connectivity index (χ1v) is 8.62. The lowest BCUT2D eigenvalue weighted by Crippen LogP contribution is -2.49. The number of hydrogen-bond acceptors (Lipinski definition) is 5. The first-order valence-electron chi connectivity index (χ1n) is 6.81. The third-order valence-corrected chi connectivity index (χ3v) is 5.88. The minimum absolute atomic E-state index is 0.0862. The van der Waals surface area contributed by atoms with Crippen molar-refractivity contribution in [1.82, 2.24) is 9.21 Å². The molecule has 1 aliphatic heterocycles. The van der Waals surface area contributed by atoms with E-state index >= 15 is 0 Å². The predicted molar refractivity (Wildman–Crippen MR) is 81.6 cm³/mol. The van der Waals surface area contributed by atoms with Crippen LogP contribution in [0.15, 0.2) is 23.1 Å². The van der Waals surface area contributed by atoms with Crippen molar-refractivity contribution in [2.24, 2.45) is 5.73 Å². The molecule has 0 aromatic heterocycles. The Balaban J connectivity index is 2.14. The molecule has 0 radical (unpaired) electrons. The van der Waals surface area contributed by atoms with Gasteiger partial charge in [-0.25, -0.2) is 8.42 Å². The molecule has 2 rings (SSSR count). The lowest BCUT2D eigenvalue weighted by molar-refractivity contribution is 0.151. The highest BCUT2D eigenvalue weighted by atomic mass is 35.5. The number of aliphatic hydroxyl groups is 1. The zero-order valence-electron chi connectivity index (χ0n) is 11.7. The number of piperazine rings is 1. The van der Waals surface area contributed by atoms with Gasteiger partial charge in [0.1, 0.15) is 0 Å². The van der Waals surface area contributed by atoms with Gasteiger partial charge in [0.05, 0.1) is 11.5 Å². The van der Waals surface area contributed by atoms with Gasteiger partial charge in [-0.3, -0.25) is 4.90 Å². The summed E-state index contributed by atoms with van der Waals surface area (Å²) in [6.45, 7) is 3.01. The molecule has 0 saturated carbocycles. The maximum Gasteiger partial charge on any atom is 0.243 e. The van der Waals surface area contributed by atoms with Gasteiger partial charge in [-0.05, 0) is 17.7 Å². The van der Waals surface area contributed by atoms with Gasteiger partial charge in [0.25, 0.3) is 0 Å². The van der Waals surface area contributed by atoms with Crippen LogP contribution in [-0.2, 0) is 16.6 Å². The van der Waals surface area contributed by atoms with Crippen LogP contribution in [-0.4, -0.2) is 62.1 Å². The quantitative estimate of drug-likeness (QED) is 0.798. The number of nitrogens with zero attached hydrogens (tertiary/aromatic N) is 2. The van der Waals surface area contributed by atoms with Gasteiger partial charge < -0.3 is 10.8 Å². The Kier molecular flexibility index (Phi) is 5.59. The topological polar surface area (TPSA) is 86.9 Å². The molecule has 21 heavy (non-hydrogen) atoms. The summed E-state index contributed by atoms with van der Waals surface area (Å²) in [5, 5.41) is 9.28. The number of rotatable bonds is 5. The van der Waals surface area contributed by atoms with Crippen molar-refractivity contribution in [2.45, 2.75) is 11.4 Å². The van der Waals surface area contributed by atoms with E-state index in [1.165, 1.54) is 10.4 Å². The zero-order chi connectivity index (χ0) is 15.5. The van der Waals surface area contributed by atoms with Crippen molar-refractivity contribution in [3.05, 3.63) is 28.8 Å². The number of β-amino-alcohol motifs (C(OH)–C–C–N with tert-alkyl or cyclic N) is 1. The van der Waals surface area contributed by atoms with Crippen LogP contribution in [0.4, 0.5) is 0 Å². The van der Waals surface area contributed by atoms with Gasteiger partial charge in [-0.15, -0.1) is 0 Å². The Labute approximate surface area is 130 Å². The van der Waals surface area contributed by atoms with Crippen molar-refractivity contribution in [2.75, 3.05) is 39.3 Å². The second-order valence-corrected chi connectivity index (χ2v) is 7.27. The van der Waals surface area contributed by atoms with Crippen LogP contribution in [0.25, 0.3) is 0 Å². The minimum atomic E-state index is -3.53. The molecule has 118 valence electrons. The fourth-order valence-electron chi connectivity index (χ4n) is 2.34. The van der Waals surface area contributed by atoms with Gasteiger partial charge >= 0.3 is 0 Å². The third-order valence-electron chi connectivity index (χ3n) is 3.63. The molecule has 1 saturated heterocycles. The predicted octanol–water partition coefficient (Wildman–Crippen LogP) is 0.0973. The van der Waals surface area contributed by atoms with Crippen LogP contribution in [0.2, 0.25) is 5.02 Å². The molecule has 0 atom stereocenters. The first-order chi connectivity index (χ1) is 9.98.